The topological polar surface area (TPSA) is 46.0 Å². The van der Waals surface area contributed by atoms with Crippen LogP contribution < -0.4 is 10.2 Å². The predicted molar refractivity (Wildman–Crippen MR) is 105 cm³/mol. The number of thiazole rings is 1. The van der Waals surface area contributed by atoms with Gasteiger partial charge in [0.15, 0.2) is 10.9 Å². The van der Waals surface area contributed by atoms with E-state index in [-0.39, 0.29) is 11.7 Å². The van der Waals surface area contributed by atoms with E-state index in [9.17, 15) is 8.78 Å². The van der Waals surface area contributed by atoms with Crippen LogP contribution in [0.1, 0.15) is 29.1 Å². The average molecular weight is 412 g/mol. The Balaban J connectivity index is 1.76. The lowest BCUT2D eigenvalue weighted by molar-refractivity contribution is 0.568. The van der Waals surface area contributed by atoms with Crippen LogP contribution in [0.25, 0.3) is 5.69 Å². The van der Waals surface area contributed by atoms with Crippen molar-refractivity contribution in [2.24, 2.45) is 0 Å². The van der Waals surface area contributed by atoms with Gasteiger partial charge >= 0.3 is 0 Å². The number of hydrogen-bond donors (Lipinski definition) is 1. The van der Waals surface area contributed by atoms with Gasteiger partial charge in [0.05, 0.1) is 11.1 Å². The second-order valence-electron chi connectivity index (χ2n) is 6.40. The zero-order valence-electron chi connectivity index (χ0n) is 15.4. The van der Waals surface area contributed by atoms with Gasteiger partial charge in [-0.15, -0.1) is 0 Å². The molecule has 3 rings (SSSR count). The molecule has 0 amide bonds. The van der Waals surface area contributed by atoms with Crippen molar-refractivity contribution in [3.05, 3.63) is 57.3 Å². The second-order valence-corrected chi connectivity index (χ2v) is 7.82. The molecule has 0 bridgehead atoms. The molecular weight excluding hydrogens is 392 g/mol. The first-order valence-corrected chi connectivity index (χ1v) is 9.53. The van der Waals surface area contributed by atoms with E-state index in [1.165, 1.54) is 28.2 Å². The molecule has 2 heterocycles. The van der Waals surface area contributed by atoms with E-state index in [0.29, 0.717) is 11.7 Å². The van der Waals surface area contributed by atoms with Crippen molar-refractivity contribution in [1.29, 1.82) is 0 Å². The first-order valence-electron chi connectivity index (χ1n) is 8.33. The third kappa shape index (κ3) is 4.12. The number of halogens is 3. The summed E-state index contributed by atoms with van der Waals surface area (Å²) in [4.78, 5) is 7.18. The fourth-order valence-electron chi connectivity index (χ4n) is 2.72. The van der Waals surface area contributed by atoms with Gasteiger partial charge in [0, 0.05) is 44.0 Å². The van der Waals surface area contributed by atoms with E-state index in [1.54, 1.807) is 6.20 Å². The highest BCUT2D eigenvalue weighted by molar-refractivity contribution is 7.16. The largest absolute Gasteiger partial charge is 0.354 e. The van der Waals surface area contributed by atoms with Crippen LogP contribution in [0.15, 0.2) is 24.4 Å². The van der Waals surface area contributed by atoms with Gasteiger partial charge in [-0.1, -0.05) is 22.9 Å². The summed E-state index contributed by atoms with van der Waals surface area (Å²) in [6, 6.07) is 3.41. The minimum atomic E-state index is -0.652. The van der Waals surface area contributed by atoms with Crippen LogP contribution in [0.2, 0.25) is 5.15 Å². The zero-order chi connectivity index (χ0) is 19.7. The van der Waals surface area contributed by atoms with Crippen molar-refractivity contribution in [2.45, 2.75) is 26.4 Å². The molecule has 144 valence electrons. The molecular formula is C18H20ClF2N5S. The van der Waals surface area contributed by atoms with Crippen LogP contribution in [0.5, 0.6) is 0 Å². The smallest absolute Gasteiger partial charge is 0.186 e. The van der Waals surface area contributed by atoms with Crippen LogP contribution in [0, 0.1) is 18.6 Å². The minimum Gasteiger partial charge on any atom is -0.354 e. The average Bonchev–Trinajstić information content (AvgIpc) is 3.16. The number of rotatable bonds is 6. The van der Waals surface area contributed by atoms with Gasteiger partial charge in [-0.25, -0.2) is 18.4 Å². The van der Waals surface area contributed by atoms with Crippen molar-refractivity contribution < 1.29 is 8.78 Å². The molecule has 1 N–H and O–H groups in total. The van der Waals surface area contributed by atoms with E-state index < -0.39 is 11.6 Å². The predicted octanol–water partition coefficient (Wildman–Crippen LogP) is 4.49. The van der Waals surface area contributed by atoms with E-state index in [1.807, 2.05) is 32.8 Å². The molecule has 0 aliphatic rings. The van der Waals surface area contributed by atoms with Crippen LogP contribution in [0.3, 0.4) is 0 Å². The summed E-state index contributed by atoms with van der Waals surface area (Å²) in [6.45, 7) is 4.41. The summed E-state index contributed by atoms with van der Waals surface area (Å²) >= 11 is 7.74. The molecule has 0 spiro atoms. The summed E-state index contributed by atoms with van der Waals surface area (Å²) in [5.74, 6) is -1.27. The van der Waals surface area contributed by atoms with Crippen molar-refractivity contribution in [3.63, 3.8) is 0 Å². The van der Waals surface area contributed by atoms with Gasteiger partial charge in [0.25, 0.3) is 0 Å². The molecule has 0 fully saturated rings. The fourth-order valence-corrected chi connectivity index (χ4v) is 3.86. The van der Waals surface area contributed by atoms with Gasteiger partial charge in [-0.3, -0.25) is 0 Å². The lowest BCUT2D eigenvalue weighted by atomic mass is 10.1. The van der Waals surface area contributed by atoms with E-state index in [0.717, 1.165) is 27.3 Å². The maximum absolute atomic E-state index is 14.1. The Bertz CT molecular complexity index is 953. The highest BCUT2D eigenvalue weighted by Crippen LogP contribution is 2.29. The first kappa shape index (κ1) is 19.7. The molecule has 5 nitrogen and oxygen atoms in total. The zero-order valence-corrected chi connectivity index (χ0v) is 17.0. The van der Waals surface area contributed by atoms with Gasteiger partial charge in [0.2, 0.25) is 0 Å². The molecule has 3 aromatic rings. The van der Waals surface area contributed by atoms with Gasteiger partial charge in [0.1, 0.15) is 16.7 Å². The fraction of sp³-hybridized carbons (Fsp3) is 0.333. The van der Waals surface area contributed by atoms with Crippen LogP contribution in [0.4, 0.5) is 13.9 Å². The molecule has 0 aliphatic heterocycles. The number of nitrogens with one attached hydrogen (secondary N) is 1. The number of aromatic nitrogens is 3. The maximum Gasteiger partial charge on any atom is 0.186 e. The van der Waals surface area contributed by atoms with Crippen LogP contribution in [-0.4, -0.2) is 28.9 Å². The summed E-state index contributed by atoms with van der Waals surface area (Å²) in [5.41, 5.74) is 1.92. The number of benzene rings is 1. The molecule has 0 unspecified atom stereocenters. The van der Waals surface area contributed by atoms with Gasteiger partial charge in [-0.05, 0) is 26.0 Å². The molecule has 27 heavy (non-hydrogen) atoms. The molecule has 0 saturated heterocycles. The molecule has 2 aromatic heterocycles. The summed E-state index contributed by atoms with van der Waals surface area (Å²) in [6.07, 6.45) is 1.69. The molecule has 1 atom stereocenters. The normalized spacial score (nSPS) is 12.4. The quantitative estimate of drug-likeness (QED) is 0.649. The van der Waals surface area contributed by atoms with Gasteiger partial charge < -0.3 is 10.2 Å². The number of hydrogen-bond acceptors (Lipinski definition) is 5. The third-order valence-corrected chi connectivity index (χ3v) is 5.89. The monoisotopic (exact) mass is 411 g/mol. The van der Waals surface area contributed by atoms with E-state index in [4.69, 9.17) is 11.6 Å². The second kappa shape index (κ2) is 7.92. The Morgan fingerprint density at radius 3 is 2.70 bits per heavy atom. The molecule has 1 aromatic carbocycles. The first-order chi connectivity index (χ1) is 12.8. The standard InChI is InChI=1S/C18H20ClF2N5S/c1-10(22-9-16-17(19)24-18(27-16)25(3)4)13-8-23-26(11(13)2)15-6-5-12(20)7-14(15)21/h5-8,10,22H,9H2,1-4H3/t10-/m1/s1. The highest BCUT2D eigenvalue weighted by atomic mass is 35.5. The summed E-state index contributed by atoms with van der Waals surface area (Å²) in [7, 11) is 3.84. The molecule has 9 heteroatoms. The Labute approximate surface area is 165 Å². The van der Waals surface area contributed by atoms with E-state index >= 15 is 0 Å². The summed E-state index contributed by atoms with van der Waals surface area (Å²) < 4.78 is 28.7. The van der Waals surface area contributed by atoms with E-state index in [2.05, 4.69) is 15.4 Å². The number of anilines is 1. The van der Waals surface area contributed by atoms with Crippen molar-refractivity contribution >= 4 is 28.1 Å². The van der Waals surface area contributed by atoms with Crippen LogP contribution in [-0.2, 0) is 6.54 Å². The lowest BCUT2D eigenvalue weighted by Crippen LogP contribution is -2.18. The Morgan fingerprint density at radius 1 is 1.33 bits per heavy atom. The van der Waals surface area contributed by atoms with Crippen LogP contribution >= 0.6 is 22.9 Å². The third-order valence-electron chi connectivity index (χ3n) is 4.24. The Kier molecular flexibility index (Phi) is 5.78. The highest BCUT2D eigenvalue weighted by Gasteiger charge is 2.18. The SMILES string of the molecule is Cc1c([C@@H](C)NCc2sc(N(C)C)nc2Cl)cnn1-c1ccc(F)cc1F. The molecule has 0 radical (unpaired) electrons. The lowest BCUT2D eigenvalue weighted by Gasteiger charge is -2.14. The minimum absolute atomic E-state index is 0.0387. The number of nitrogens with zero attached hydrogens (tertiary/aromatic N) is 4. The molecule has 0 aliphatic carbocycles. The maximum atomic E-state index is 14.1. The Morgan fingerprint density at radius 2 is 2.07 bits per heavy atom. The summed E-state index contributed by atoms with van der Waals surface area (Å²) in [5, 5.41) is 9.00. The van der Waals surface area contributed by atoms with Crippen molar-refractivity contribution in [3.8, 4) is 5.69 Å². The molecule has 0 saturated carbocycles. The van der Waals surface area contributed by atoms with Crippen molar-refractivity contribution in [2.75, 3.05) is 19.0 Å². The Hall–Kier alpha value is -2.03. The van der Waals surface area contributed by atoms with Crippen molar-refractivity contribution in [1.82, 2.24) is 20.1 Å². The van der Waals surface area contributed by atoms with Gasteiger partial charge in [-0.2, -0.15) is 5.10 Å².